The largest absolute Gasteiger partial charge is 0.332 e. The van der Waals surface area contributed by atoms with Gasteiger partial charge >= 0.3 is 0 Å². The van der Waals surface area contributed by atoms with E-state index in [2.05, 4.69) is 46.8 Å². The highest BCUT2D eigenvalue weighted by atomic mass is 16.2. The number of carbonyl (C=O) groups excluding carboxylic acids is 1. The fraction of sp³-hybridized carbons (Fsp3) is 0.562. The van der Waals surface area contributed by atoms with E-state index < -0.39 is 0 Å². The van der Waals surface area contributed by atoms with Crippen LogP contribution in [-0.2, 0) is 11.3 Å². The molecule has 1 atom stereocenters. The molecule has 1 fully saturated rings. The van der Waals surface area contributed by atoms with E-state index >= 15 is 0 Å². The van der Waals surface area contributed by atoms with Gasteiger partial charge in [0.1, 0.15) is 0 Å². The lowest BCUT2D eigenvalue weighted by molar-refractivity contribution is -0.179. The van der Waals surface area contributed by atoms with Crippen LogP contribution in [0, 0.1) is 11.3 Å². The molecule has 98 valence electrons. The van der Waals surface area contributed by atoms with Gasteiger partial charge in [-0.2, -0.15) is 0 Å². The lowest BCUT2D eigenvalue weighted by Gasteiger charge is -2.58. The van der Waals surface area contributed by atoms with Gasteiger partial charge in [0.25, 0.3) is 0 Å². The Morgan fingerprint density at radius 2 is 1.72 bits per heavy atom. The van der Waals surface area contributed by atoms with E-state index in [1.807, 2.05) is 23.1 Å². The number of hydrogen-bond acceptors (Lipinski definition) is 1. The molecule has 1 saturated heterocycles. The first-order valence-corrected chi connectivity index (χ1v) is 6.60. The van der Waals surface area contributed by atoms with Crippen molar-refractivity contribution in [3.8, 4) is 0 Å². The van der Waals surface area contributed by atoms with Crippen molar-refractivity contribution in [2.75, 3.05) is 0 Å². The van der Waals surface area contributed by atoms with E-state index in [1.165, 1.54) is 5.56 Å². The van der Waals surface area contributed by atoms with Gasteiger partial charge in [-0.3, -0.25) is 4.79 Å². The number of amides is 1. The van der Waals surface area contributed by atoms with Crippen molar-refractivity contribution in [1.29, 1.82) is 0 Å². The molecule has 0 bridgehead atoms. The Morgan fingerprint density at radius 1 is 1.17 bits per heavy atom. The first kappa shape index (κ1) is 13.1. The third-order valence-electron chi connectivity index (χ3n) is 3.96. The van der Waals surface area contributed by atoms with Crippen LogP contribution in [0.5, 0.6) is 0 Å². The smallest absolute Gasteiger partial charge is 0.229 e. The lowest BCUT2D eigenvalue weighted by Crippen LogP contribution is -2.70. The highest BCUT2D eigenvalue weighted by molar-refractivity contribution is 5.88. The summed E-state index contributed by atoms with van der Waals surface area (Å²) in [6.45, 7) is 11.5. The number of likely N-dealkylation sites (tertiary alicyclic amines) is 1. The summed E-state index contributed by atoms with van der Waals surface area (Å²) in [5, 5.41) is 0. The normalized spacial score (nSPS) is 22.8. The average molecular weight is 245 g/mol. The molecule has 2 rings (SSSR count). The van der Waals surface area contributed by atoms with Crippen LogP contribution in [-0.4, -0.2) is 16.3 Å². The summed E-state index contributed by atoms with van der Waals surface area (Å²) in [6, 6.07) is 10.2. The van der Waals surface area contributed by atoms with E-state index in [4.69, 9.17) is 0 Å². The van der Waals surface area contributed by atoms with E-state index in [-0.39, 0.29) is 22.8 Å². The van der Waals surface area contributed by atoms with Crippen molar-refractivity contribution in [2.24, 2.45) is 11.3 Å². The van der Waals surface area contributed by atoms with Crippen molar-refractivity contribution in [3.05, 3.63) is 35.9 Å². The van der Waals surface area contributed by atoms with Crippen molar-refractivity contribution in [1.82, 2.24) is 4.90 Å². The number of β-lactam (4-membered cyclic amide) rings is 1. The number of nitrogens with zero attached hydrogens (tertiary/aromatic N) is 1. The van der Waals surface area contributed by atoms with Crippen LogP contribution in [0.25, 0.3) is 0 Å². The Bertz CT molecular complexity index is 442. The molecular formula is C16H23NO. The zero-order valence-corrected chi connectivity index (χ0v) is 12.0. The molecule has 0 N–H and O–H groups in total. The molecule has 1 unspecified atom stereocenters. The summed E-state index contributed by atoms with van der Waals surface area (Å²) in [4.78, 5) is 14.4. The van der Waals surface area contributed by atoms with E-state index in [9.17, 15) is 4.79 Å². The van der Waals surface area contributed by atoms with Crippen LogP contribution < -0.4 is 0 Å². The monoisotopic (exact) mass is 245 g/mol. The molecule has 18 heavy (non-hydrogen) atoms. The van der Waals surface area contributed by atoms with Gasteiger partial charge in [0.05, 0.1) is 5.92 Å². The third kappa shape index (κ3) is 2.05. The molecule has 0 aromatic heterocycles. The van der Waals surface area contributed by atoms with E-state index in [0.29, 0.717) is 0 Å². The highest BCUT2D eigenvalue weighted by Crippen LogP contribution is 2.48. The van der Waals surface area contributed by atoms with Crippen LogP contribution in [0.4, 0.5) is 0 Å². The number of hydrogen-bond donors (Lipinski definition) is 0. The number of benzene rings is 1. The average Bonchev–Trinajstić information content (AvgIpc) is 2.25. The van der Waals surface area contributed by atoms with Crippen LogP contribution in [0.15, 0.2) is 30.3 Å². The summed E-state index contributed by atoms with van der Waals surface area (Å²) in [5.74, 6) is 0.407. The van der Waals surface area contributed by atoms with Gasteiger partial charge in [0.15, 0.2) is 0 Å². The molecule has 1 amide bonds. The van der Waals surface area contributed by atoms with Crippen LogP contribution in [0.3, 0.4) is 0 Å². The maximum absolute atomic E-state index is 12.4. The minimum atomic E-state index is -0.0504. The van der Waals surface area contributed by atoms with Crippen molar-refractivity contribution < 1.29 is 4.79 Å². The summed E-state index contributed by atoms with van der Waals surface area (Å²) in [5.41, 5.74) is 1.19. The minimum absolute atomic E-state index is 0.0355. The van der Waals surface area contributed by atoms with Gasteiger partial charge in [-0.25, -0.2) is 0 Å². The molecule has 1 aromatic rings. The maximum atomic E-state index is 12.4. The van der Waals surface area contributed by atoms with Gasteiger partial charge in [0.2, 0.25) is 5.91 Å². The van der Waals surface area contributed by atoms with Crippen molar-refractivity contribution in [2.45, 2.75) is 46.7 Å². The maximum Gasteiger partial charge on any atom is 0.229 e. The number of carbonyl (C=O) groups is 1. The van der Waals surface area contributed by atoms with Gasteiger partial charge in [-0.1, -0.05) is 51.1 Å². The third-order valence-corrected chi connectivity index (χ3v) is 3.96. The molecule has 0 radical (unpaired) electrons. The molecule has 1 aromatic carbocycles. The second kappa shape index (κ2) is 4.11. The molecule has 1 aliphatic rings. The molecule has 2 heteroatoms. The quantitative estimate of drug-likeness (QED) is 0.731. The predicted octanol–water partition coefficient (Wildman–Crippen LogP) is 3.47. The summed E-state index contributed by atoms with van der Waals surface area (Å²) in [7, 11) is 0. The summed E-state index contributed by atoms with van der Waals surface area (Å²) in [6.07, 6.45) is 0. The number of rotatable bonds is 2. The summed E-state index contributed by atoms with van der Waals surface area (Å²) >= 11 is 0. The Labute approximate surface area is 110 Å². The fourth-order valence-corrected chi connectivity index (χ4v) is 3.31. The molecule has 1 heterocycles. The summed E-state index contributed by atoms with van der Waals surface area (Å²) < 4.78 is 0. The van der Waals surface area contributed by atoms with Gasteiger partial charge < -0.3 is 4.90 Å². The molecule has 1 aliphatic heterocycles. The van der Waals surface area contributed by atoms with E-state index in [1.54, 1.807) is 0 Å². The Hall–Kier alpha value is -1.31. The molecular weight excluding hydrogens is 222 g/mol. The van der Waals surface area contributed by atoms with Gasteiger partial charge in [-0.05, 0) is 24.8 Å². The minimum Gasteiger partial charge on any atom is -0.332 e. The molecule has 0 saturated carbocycles. The Morgan fingerprint density at radius 3 is 2.17 bits per heavy atom. The zero-order valence-electron chi connectivity index (χ0n) is 12.0. The lowest BCUT2D eigenvalue weighted by atomic mass is 9.63. The standard InChI is InChI=1S/C16H23NO/c1-15(2,3)13-14(18)17(16(13,4)5)11-12-9-7-6-8-10-12/h6-10,13H,11H2,1-5H3. The second-order valence-electron chi connectivity index (χ2n) is 6.86. The van der Waals surface area contributed by atoms with Crippen LogP contribution in [0.2, 0.25) is 0 Å². The topological polar surface area (TPSA) is 20.3 Å². The first-order chi connectivity index (χ1) is 8.24. The highest BCUT2D eigenvalue weighted by Gasteiger charge is 2.57. The van der Waals surface area contributed by atoms with E-state index in [0.717, 1.165) is 6.54 Å². The van der Waals surface area contributed by atoms with Gasteiger partial charge in [0, 0.05) is 12.1 Å². The zero-order chi connectivity index (χ0) is 13.6. The van der Waals surface area contributed by atoms with Crippen molar-refractivity contribution >= 4 is 5.91 Å². The SMILES string of the molecule is CC(C)(C)C1C(=O)N(Cc2ccccc2)C1(C)C. The van der Waals surface area contributed by atoms with Gasteiger partial charge in [-0.15, -0.1) is 0 Å². The molecule has 0 spiro atoms. The first-order valence-electron chi connectivity index (χ1n) is 6.60. The Kier molecular flexibility index (Phi) is 3.00. The fourth-order valence-electron chi connectivity index (χ4n) is 3.31. The van der Waals surface area contributed by atoms with Crippen molar-refractivity contribution in [3.63, 3.8) is 0 Å². The molecule has 0 aliphatic carbocycles. The molecule has 2 nitrogen and oxygen atoms in total. The van der Waals surface area contributed by atoms with Crippen LogP contribution >= 0.6 is 0 Å². The predicted molar refractivity (Wildman–Crippen MR) is 74.0 cm³/mol. The Balaban J connectivity index is 2.16. The second-order valence-corrected chi connectivity index (χ2v) is 6.86. The van der Waals surface area contributed by atoms with Crippen LogP contribution in [0.1, 0.15) is 40.2 Å².